The van der Waals surface area contributed by atoms with E-state index in [0.717, 1.165) is 27.7 Å². The smallest absolute Gasteiger partial charge is 0.249 e. The summed E-state index contributed by atoms with van der Waals surface area (Å²) < 4.78 is 29.9. The molecule has 0 saturated heterocycles. The number of carbonyl (C=O) groups excluding carboxylic acids is 1. The van der Waals surface area contributed by atoms with Crippen LogP contribution in [0.2, 0.25) is 0 Å². The maximum absolute atomic E-state index is 13.0. The lowest BCUT2D eigenvalue weighted by atomic mass is 9.81. The van der Waals surface area contributed by atoms with Crippen molar-refractivity contribution in [2.45, 2.75) is 111 Å². The number of carbonyl (C=O) groups is 1. The Morgan fingerprint density at radius 2 is 1.29 bits per heavy atom. The highest BCUT2D eigenvalue weighted by molar-refractivity contribution is 5.94. The molecule has 10 nitrogen and oxygen atoms in total. The average molecular weight is 673 g/mol. The predicted molar refractivity (Wildman–Crippen MR) is 188 cm³/mol. The molecule has 0 unspecified atom stereocenters. The minimum atomic E-state index is -2.75. The second-order valence-electron chi connectivity index (χ2n) is 15.6. The molecule has 0 atom stereocenters. The molecule has 260 valence electrons. The first-order valence-corrected chi connectivity index (χ1v) is 16.2. The molecule has 2 aromatic heterocycles. The number of aryl methyl sites for hydroxylation is 2. The van der Waals surface area contributed by atoms with Gasteiger partial charge in [-0.15, -0.1) is 0 Å². The highest BCUT2D eigenvalue weighted by Crippen LogP contribution is 2.43. The van der Waals surface area contributed by atoms with Crippen molar-refractivity contribution < 1.29 is 18.7 Å². The molecule has 0 spiro atoms. The van der Waals surface area contributed by atoms with E-state index < -0.39 is 41.7 Å². The van der Waals surface area contributed by atoms with Crippen molar-refractivity contribution in [1.82, 2.24) is 19.1 Å². The molecule has 49 heavy (non-hydrogen) atoms. The van der Waals surface area contributed by atoms with Crippen molar-refractivity contribution in [3.05, 3.63) is 58.8 Å². The fourth-order valence-corrected chi connectivity index (χ4v) is 6.01. The average Bonchev–Trinajstić information content (AvgIpc) is 3.45. The molecule has 2 aromatic carbocycles. The van der Waals surface area contributed by atoms with E-state index in [0.29, 0.717) is 40.7 Å². The van der Waals surface area contributed by atoms with Gasteiger partial charge in [-0.1, -0.05) is 6.58 Å². The van der Waals surface area contributed by atoms with E-state index in [1.807, 2.05) is 51.3 Å². The Bertz CT molecular complexity index is 2010. The van der Waals surface area contributed by atoms with E-state index in [4.69, 9.17) is 0 Å². The van der Waals surface area contributed by atoms with Gasteiger partial charge in [0.25, 0.3) is 0 Å². The van der Waals surface area contributed by atoms with Crippen molar-refractivity contribution in [2.75, 3.05) is 10.6 Å². The van der Waals surface area contributed by atoms with Crippen LogP contribution >= 0.6 is 0 Å². The number of benzene rings is 2. The van der Waals surface area contributed by atoms with Gasteiger partial charge in [0.2, 0.25) is 23.7 Å². The van der Waals surface area contributed by atoms with Gasteiger partial charge < -0.3 is 19.6 Å². The Morgan fingerprint density at radius 1 is 0.878 bits per heavy atom. The molecule has 2 heterocycles. The van der Waals surface area contributed by atoms with Crippen LogP contribution in [0.1, 0.15) is 96.9 Å². The topological polar surface area (TPSA) is 145 Å². The summed E-state index contributed by atoms with van der Waals surface area (Å²) in [5, 5.41) is 34.5. The normalized spacial score (nSPS) is 14.8. The largest absolute Gasteiger partial charge is 0.390 e. The summed E-state index contributed by atoms with van der Waals surface area (Å²) in [4.78, 5) is 21.4. The molecule has 0 aliphatic heterocycles. The van der Waals surface area contributed by atoms with Gasteiger partial charge in [-0.05, 0) is 105 Å². The summed E-state index contributed by atoms with van der Waals surface area (Å²) in [7, 11) is 0. The first kappa shape index (κ1) is 37.0. The molecule has 5 rings (SSSR count). The molecule has 3 N–H and O–H groups in total. The van der Waals surface area contributed by atoms with Crippen molar-refractivity contribution in [3.63, 3.8) is 0 Å². The molecular formula is C37H46F2N8O2. The van der Waals surface area contributed by atoms with Crippen LogP contribution in [-0.2, 0) is 15.9 Å². The Kier molecular flexibility index (Phi) is 9.75. The van der Waals surface area contributed by atoms with E-state index in [1.165, 1.54) is 0 Å². The van der Waals surface area contributed by atoms with E-state index in [-0.39, 0.29) is 5.54 Å². The van der Waals surface area contributed by atoms with Gasteiger partial charge >= 0.3 is 0 Å². The number of rotatable bonds is 6. The van der Waals surface area contributed by atoms with Gasteiger partial charge in [-0.25, -0.2) is 18.7 Å². The number of imidazole rings is 2. The highest BCUT2D eigenvalue weighted by Gasteiger charge is 2.49. The summed E-state index contributed by atoms with van der Waals surface area (Å²) in [5.41, 5.74) is 5.22. The van der Waals surface area contributed by atoms with Crippen LogP contribution in [0, 0.1) is 42.4 Å². The van der Waals surface area contributed by atoms with E-state index in [9.17, 15) is 29.2 Å². The van der Waals surface area contributed by atoms with Crippen molar-refractivity contribution in [3.8, 4) is 12.1 Å². The molecule has 0 bridgehead atoms. The van der Waals surface area contributed by atoms with Crippen LogP contribution in [0.25, 0.3) is 22.1 Å². The number of aromatic nitrogens is 4. The fourth-order valence-electron chi connectivity index (χ4n) is 6.01. The maximum atomic E-state index is 13.0. The Labute approximate surface area is 286 Å². The summed E-state index contributed by atoms with van der Waals surface area (Å²) >= 11 is 0. The van der Waals surface area contributed by atoms with Crippen LogP contribution < -0.4 is 10.6 Å². The number of fused-ring (bicyclic) bond motifs is 2. The number of hydrogen-bond acceptors (Lipinski definition) is 7. The van der Waals surface area contributed by atoms with Gasteiger partial charge in [0, 0.05) is 42.0 Å². The van der Waals surface area contributed by atoms with Gasteiger partial charge in [0.15, 0.2) is 0 Å². The molecular weight excluding hydrogens is 626 g/mol. The van der Waals surface area contributed by atoms with Gasteiger partial charge in [0.1, 0.15) is 0 Å². The number of aliphatic hydroxyl groups is 1. The predicted octanol–water partition coefficient (Wildman–Crippen LogP) is 8.01. The third-order valence-electron chi connectivity index (χ3n) is 8.21. The summed E-state index contributed by atoms with van der Waals surface area (Å²) in [5.74, 6) is -2.90. The lowest BCUT2D eigenvalue weighted by molar-refractivity contribution is -0.145. The molecule has 0 radical (unpaired) electrons. The monoisotopic (exact) mass is 672 g/mol. The number of amides is 1. The summed E-state index contributed by atoms with van der Waals surface area (Å²) in [6.45, 7) is 23.3. The summed E-state index contributed by atoms with van der Waals surface area (Å²) in [6, 6.07) is 11.7. The van der Waals surface area contributed by atoms with E-state index in [1.54, 1.807) is 26.0 Å². The van der Waals surface area contributed by atoms with Gasteiger partial charge in [-0.3, -0.25) is 10.1 Å². The maximum Gasteiger partial charge on any atom is 0.249 e. The molecule has 1 amide bonds. The Morgan fingerprint density at radius 3 is 1.63 bits per heavy atom. The molecule has 1 aliphatic rings. The Hall–Kier alpha value is -4.81. The number of hydrogen-bond donors (Lipinski definition) is 3. The number of halogens is 2. The quantitative estimate of drug-likeness (QED) is 0.188. The first-order valence-electron chi connectivity index (χ1n) is 16.2. The number of nitrogens with zero attached hydrogens (tertiary/aromatic N) is 6. The number of nitriles is 2. The second kappa shape index (κ2) is 12.9. The molecule has 1 fully saturated rings. The Balaban J connectivity index is 0.000000221. The van der Waals surface area contributed by atoms with Crippen LogP contribution in [0.5, 0.6) is 0 Å². The minimum Gasteiger partial charge on any atom is -0.390 e. The molecule has 12 heteroatoms. The lowest BCUT2D eigenvalue weighted by Crippen LogP contribution is -2.43. The van der Waals surface area contributed by atoms with Crippen LogP contribution in [0.4, 0.5) is 20.7 Å². The zero-order valence-electron chi connectivity index (χ0n) is 30.0. The first-order chi connectivity index (χ1) is 22.4. The summed E-state index contributed by atoms with van der Waals surface area (Å²) in [6.07, 6.45) is -0.429. The van der Waals surface area contributed by atoms with Crippen LogP contribution in [0.15, 0.2) is 36.5 Å². The molecule has 4 aromatic rings. The third-order valence-corrected chi connectivity index (χ3v) is 8.21. The number of anilines is 2. The van der Waals surface area contributed by atoms with Crippen LogP contribution in [-0.4, -0.2) is 41.6 Å². The highest BCUT2D eigenvalue weighted by atomic mass is 19.3. The van der Waals surface area contributed by atoms with Crippen molar-refractivity contribution >= 4 is 39.9 Å². The molecule has 1 saturated carbocycles. The molecule has 1 aliphatic carbocycles. The van der Waals surface area contributed by atoms with E-state index in [2.05, 4.69) is 64.7 Å². The number of nitrogens with one attached hydrogen (secondary N) is 2. The van der Waals surface area contributed by atoms with Crippen LogP contribution in [0.3, 0.4) is 0 Å². The van der Waals surface area contributed by atoms with Crippen molar-refractivity contribution in [2.24, 2.45) is 5.92 Å². The second-order valence-corrected chi connectivity index (χ2v) is 15.6. The van der Waals surface area contributed by atoms with Gasteiger partial charge in [0.05, 0.1) is 50.9 Å². The lowest BCUT2D eigenvalue weighted by Gasteiger charge is -2.34. The minimum absolute atomic E-state index is 0.228. The van der Waals surface area contributed by atoms with Gasteiger partial charge in [-0.2, -0.15) is 10.5 Å². The van der Waals surface area contributed by atoms with Crippen molar-refractivity contribution in [1.29, 1.82) is 10.5 Å². The third kappa shape index (κ3) is 8.26. The zero-order chi connectivity index (χ0) is 36.9. The SMILES string of the molecule is C=C(CC(C)(C)O)Nc1nc2cc(C)c(C#N)cc2n1C(C)(C)C.Cc1cc2nc(NC(=O)C3CC(F)(F)C3)n(C(C)(C)C)c2cc1C#N. The zero-order valence-corrected chi connectivity index (χ0v) is 30.0. The number of alkyl halides is 2. The standard InChI is InChI=1S/C19H26N4O.C18H20F2N4O/c1-12-8-15-16(9-14(12)11-20)23(18(3,4)5)17(22-15)21-13(2)10-19(6,7)24;1-10-5-13-14(6-11(10)9-21)24(17(2,3)4)16(22-13)23-15(25)12-7-18(19,20)8-12/h8-9,24H,2,10H2,1,3-7H3,(H,21,22);5-6,12H,7-8H2,1-4H3,(H,22,23,25). The van der Waals surface area contributed by atoms with E-state index >= 15 is 0 Å². The fraction of sp³-hybridized carbons (Fsp3) is 0.486.